The molecule has 2 aromatic carbocycles. The number of nitrogens with one attached hydrogen (secondary N) is 3. The molecule has 1 saturated heterocycles. The highest BCUT2D eigenvalue weighted by atomic mass is 19.4. The van der Waals surface area contributed by atoms with Gasteiger partial charge in [-0.25, -0.2) is 0 Å². The highest BCUT2D eigenvalue weighted by molar-refractivity contribution is 5.99. The van der Waals surface area contributed by atoms with Crippen LogP contribution in [0.5, 0.6) is 5.75 Å². The molecule has 2 amide bonds. The number of nitrogens with two attached hydrogens (primary N) is 1. The first-order valence-corrected chi connectivity index (χ1v) is 11.6. The van der Waals surface area contributed by atoms with E-state index in [-0.39, 0.29) is 36.6 Å². The molecule has 9 nitrogen and oxygen atoms in total. The Labute approximate surface area is 216 Å². The van der Waals surface area contributed by atoms with Gasteiger partial charge in [-0.2, -0.15) is 13.2 Å². The number of methoxy groups -OCH3 is 1. The van der Waals surface area contributed by atoms with Crippen LogP contribution in [-0.4, -0.2) is 42.7 Å². The molecule has 0 radical (unpaired) electrons. The van der Waals surface area contributed by atoms with E-state index in [4.69, 9.17) is 15.2 Å². The number of aromatic nitrogens is 1. The van der Waals surface area contributed by atoms with Gasteiger partial charge in [0.05, 0.1) is 36.2 Å². The molecule has 38 heavy (non-hydrogen) atoms. The van der Waals surface area contributed by atoms with Crippen LogP contribution in [0.15, 0.2) is 60.9 Å². The Bertz CT molecular complexity index is 1310. The van der Waals surface area contributed by atoms with E-state index < -0.39 is 29.1 Å². The predicted octanol–water partition coefficient (Wildman–Crippen LogP) is 3.64. The molecule has 1 atom stereocenters. The molecule has 4 rings (SSSR count). The molecule has 1 aromatic heterocycles. The number of rotatable bonds is 8. The fraction of sp³-hybridized carbons (Fsp3) is 0.269. The molecular formula is C26H26F3N5O4. The summed E-state index contributed by atoms with van der Waals surface area (Å²) in [4.78, 5) is 29.7. The van der Waals surface area contributed by atoms with E-state index in [1.807, 2.05) is 0 Å². The Morgan fingerprint density at radius 3 is 2.53 bits per heavy atom. The van der Waals surface area contributed by atoms with Crippen molar-refractivity contribution in [1.29, 1.82) is 0 Å². The second-order valence-corrected chi connectivity index (χ2v) is 8.76. The second-order valence-electron chi connectivity index (χ2n) is 8.76. The van der Waals surface area contributed by atoms with Crippen molar-refractivity contribution in [1.82, 2.24) is 15.6 Å². The van der Waals surface area contributed by atoms with Crippen LogP contribution in [0, 0.1) is 0 Å². The van der Waals surface area contributed by atoms with Crippen LogP contribution in [0.3, 0.4) is 0 Å². The maximum atomic E-state index is 13.5. The molecule has 0 aliphatic carbocycles. The normalized spacial score (nSPS) is 17.1. The molecule has 1 aliphatic heterocycles. The van der Waals surface area contributed by atoms with E-state index in [9.17, 15) is 22.8 Å². The minimum Gasteiger partial charge on any atom is -0.497 e. The van der Waals surface area contributed by atoms with E-state index >= 15 is 0 Å². The van der Waals surface area contributed by atoms with E-state index in [1.165, 1.54) is 37.7 Å². The lowest BCUT2D eigenvalue weighted by molar-refractivity contribution is -0.137. The number of pyridine rings is 1. The van der Waals surface area contributed by atoms with Crippen LogP contribution in [0.1, 0.15) is 27.9 Å². The summed E-state index contributed by atoms with van der Waals surface area (Å²) in [5.74, 6) is -0.826. The molecule has 200 valence electrons. The van der Waals surface area contributed by atoms with Crippen molar-refractivity contribution in [2.24, 2.45) is 0 Å². The Morgan fingerprint density at radius 1 is 1.13 bits per heavy atom. The lowest BCUT2D eigenvalue weighted by atomic mass is 9.96. The molecule has 12 heteroatoms. The van der Waals surface area contributed by atoms with Crippen LogP contribution in [0.4, 0.5) is 30.2 Å². The number of nitrogens with zero attached hydrogens (tertiary/aromatic N) is 1. The maximum Gasteiger partial charge on any atom is 0.418 e. The maximum absolute atomic E-state index is 13.5. The Balaban J connectivity index is 1.40. The first-order chi connectivity index (χ1) is 18.1. The molecule has 1 aliphatic rings. The predicted molar refractivity (Wildman–Crippen MR) is 134 cm³/mol. The van der Waals surface area contributed by atoms with Crippen LogP contribution < -0.4 is 26.4 Å². The first kappa shape index (κ1) is 26.7. The molecule has 5 N–H and O–H groups in total. The van der Waals surface area contributed by atoms with Gasteiger partial charge in [0.2, 0.25) is 5.91 Å². The molecule has 0 unspecified atom stereocenters. The number of carbonyl (C=O) groups is 2. The van der Waals surface area contributed by atoms with Crippen molar-refractivity contribution in [3.8, 4) is 5.75 Å². The van der Waals surface area contributed by atoms with Crippen LogP contribution >= 0.6 is 0 Å². The molecule has 0 spiro atoms. The summed E-state index contributed by atoms with van der Waals surface area (Å²) in [6.07, 6.45) is -1.52. The van der Waals surface area contributed by atoms with Gasteiger partial charge < -0.3 is 31.2 Å². The summed E-state index contributed by atoms with van der Waals surface area (Å²) in [5, 5.41) is 8.33. The third kappa shape index (κ3) is 6.14. The fourth-order valence-corrected chi connectivity index (χ4v) is 3.98. The standard InChI is InChI=1S/C26H26F3N5O4/c1-37-20-6-7-22(21(11-20)26(27,28)29)33-19-4-2-16(3-5-19)12-32-24(36)25(8-9-38-15-25)34-23(35)17-10-18(30)14-31-13-17/h2-7,10-11,13-14,33H,8-9,12,15,30H2,1H3,(H,32,36)(H,34,35)/t25-/m0/s1. The molecule has 3 aromatic rings. The summed E-state index contributed by atoms with van der Waals surface area (Å²) in [5.41, 5.74) is 5.14. The van der Waals surface area contributed by atoms with Crippen LogP contribution in [-0.2, 0) is 22.3 Å². The van der Waals surface area contributed by atoms with Crippen molar-refractivity contribution in [2.45, 2.75) is 24.7 Å². The highest BCUT2D eigenvalue weighted by Crippen LogP contribution is 2.38. The average molecular weight is 530 g/mol. The summed E-state index contributed by atoms with van der Waals surface area (Å²) >= 11 is 0. The SMILES string of the molecule is COc1ccc(Nc2ccc(CNC(=O)[C@]3(NC(=O)c4cncc(N)c4)CCOC3)cc2)c(C(F)(F)F)c1. The van der Waals surface area contributed by atoms with Crippen molar-refractivity contribution in [3.05, 3.63) is 77.6 Å². The zero-order valence-electron chi connectivity index (χ0n) is 20.4. The number of hydrogen-bond donors (Lipinski definition) is 4. The summed E-state index contributed by atoms with van der Waals surface area (Å²) in [6.45, 7) is 0.438. The second kappa shape index (κ2) is 11.0. The van der Waals surface area contributed by atoms with Crippen molar-refractivity contribution >= 4 is 28.9 Å². The fourth-order valence-electron chi connectivity index (χ4n) is 3.98. The van der Waals surface area contributed by atoms with Gasteiger partial charge in [0, 0.05) is 37.7 Å². The van der Waals surface area contributed by atoms with Crippen LogP contribution in [0.25, 0.3) is 0 Å². The van der Waals surface area contributed by atoms with Crippen molar-refractivity contribution in [2.75, 3.05) is 31.4 Å². The van der Waals surface area contributed by atoms with Gasteiger partial charge in [-0.1, -0.05) is 12.1 Å². The van der Waals surface area contributed by atoms with E-state index in [1.54, 1.807) is 24.3 Å². The van der Waals surface area contributed by atoms with Crippen LogP contribution in [0.2, 0.25) is 0 Å². The smallest absolute Gasteiger partial charge is 0.418 e. The number of anilines is 3. The van der Waals surface area contributed by atoms with E-state index in [0.29, 0.717) is 23.5 Å². The van der Waals surface area contributed by atoms with E-state index in [2.05, 4.69) is 20.9 Å². The lowest BCUT2D eigenvalue weighted by Gasteiger charge is -2.27. The van der Waals surface area contributed by atoms with Gasteiger partial charge in [-0.05, 0) is 42.0 Å². The van der Waals surface area contributed by atoms with Gasteiger partial charge in [0.1, 0.15) is 11.3 Å². The molecule has 1 fully saturated rings. The zero-order chi connectivity index (χ0) is 27.3. The Hall–Kier alpha value is -4.32. The zero-order valence-corrected chi connectivity index (χ0v) is 20.4. The van der Waals surface area contributed by atoms with Gasteiger partial charge >= 0.3 is 6.18 Å². The Kier molecular flexibility index (Phi) is 7.72. The van der Waals surface area contributed by atoms with Gasteiger partial charge in [-0.3, -0.25) is 14.6 Å². The number of nitrogen functional groups attached to an aromatic ring is 1. The minimum absolute atomic E-state index is 0.00652. The lowest BCUT2D eigenvalue weighted by Crippen LogP contribution is -2.59. The Morgan fingerprint density at radius 2 is 1.89 bits per heavy atom. The number of ether oxygens (including phenoxy) is 2. The third-order valence-corrected chi connectivity index (χ3v) is 6.05. The first-order valence-electron chi connectivity index (χ1n) is 11.6. The summed E-state index contributed by atoms with van der Waals surface area (Å²) < 4.78 is 50.8. The quantitative estimate of drug-likeness (QED) is 0.351. The van der Waals surface area contributed by atoms with Crippen molar-refractivity contribution in [3.63, 3.8) is 0 Å². The summed E-state index contributed by atoms with van der Waals surface area (Å²) in [7, 11) is 1.30. The van der Waals surface area contributed by atoms with Gasteiger partial charge in [0.15, 0.2) is 0 Å². The minimum atomic E-state index is -4.57. The third-order valence-electron chi connectivity index (χ3n) is 6.05. The van der Waals surface area contributed by atoms with E-state index in [0.717, 1.165) is 6.07 Å². The molecule has 0 bridgehead atoms. The van der Waals surface area contributed by atoms with Gasteiger partial charge in [-0.15, -0.1) is 0 Å². The monoisotopic (exact) mass is 529 g/mol. The number of benzene rings is 2. The number of amides is 2. The number of hydrogen-bond acceptors (Lipinski definition) is 7. The summed E-state index contributed by atoms with van der Waals surface area (Å²) in [6, 6.07) is 11.7. The highest BCUT2D eigenvalue weighted by Gasteiger charge is 2.43. The van der Waals surface area contributed by atoms with Crippen molar-refractivity contribution < 1.29 is 32.2 Å². The largest absolute Gasteiger partial charge is 0.497 e. The number of halogens is 3. The molecular weight excluding hydrogens is 503 g/mol. The van der Waals surface area contributed by atoms with Gasteiger partial charge in [0.25, 0.3) is 5.91 Å². The topological polar surface area (TPSA) is 128 Å². The molecule has 0 saturated carbocycles. The average Bonchev–Trinajstić information content (AvgIpc) is 3.37. The number of carbonyl (C=O) groups excluding carboxylic acids is 2. The number of alkyl halides is 3. The molecule has 2 heterocycles.